The summed E-state index contributed by atoms with van der Waals surface area (Å²) in [7, 11) is 0. The number of ether oxygens (including phenoxy) is 1. The number of aromatic amines is 1. The number of aliphatic hydroxyl groups is 1. The molecule has 4 N–H and O–H groups in total. The smallest absolute Gasteiger partial charge is 0.408 e. The van der Waals surface area contributed by atoms with Crippen LogP contribution in [-0.4, -0.2) is 63.7 Å². The van der Waals surface area contributed by atoms with Gasteiger partial charge in [-0.05, 0) is 64.2 Å². The number of carbonyl (C=O) groups excluding carboxylic acids is 3. The Morgan fingerprint density at radius 3 is 2.71 bits per heavy atom. The number of nitrogens with one attached hydrogen (secondary N) is 3. The van der Waals surface area contributed by atoms with Gasteiger partial charge in [-0.1, -0.05) is 17.7 Å². The molecule has 186 valence electrons. The van der Waals surface area contributed by atoms with Crippen LogP contribution in [-0.2, 0) is 20.9 Å². The van der Waals surface area contributed by atoms with Crippen LogP contribution in [0.25, 0.3) is 10.9 Å². The third kappa shape index (κ3) is 6.64. The fourth-order valence-corrected chi connectivity index (χ4v) is 4.05. The van der Waals surface area contributed by atoms with Gasteiger partial charge in [0.15, 0.2) is 0 Å². The van der Waals surface area contributed by atoms with Crippen LogP contribution < -0.4 is 10.6 Å². The molecule has 0 bridgehead atoms. The Bertz CT molecular complexity index is 1030. The molecule has 0 aliphatic carbocycles. The number of fused-ring (bicyclic) bond motifs is 1. The van der Waals surface area contributed by atoms with E-state index in [-0.39, 0.29) is 18.4 Å². The monoisotopic (exact) mass is 492 g/mol. The number of halogens is 1. The Morgan fingerprint density at radius 2 is 2.06 bits per heavy atom. The van der Waals surface area contributed by atoms with Crippen molar-refractivity contribution in [1.82, 2.24) is 20.5 Å². The molecule has 2 aromatic rings. The normalized spacial score (nSPS) is 16.6. The molecule has 9 nitrogen and oxygen atoms in total. The molecule has 2 heterocycles. The van der Waals surface area contributed by atoms with E-state index in [1.807, 2.05) is 18.2 Å². The molecule has 0 saturated carbocycles. The van der Waals surface area contributed by atoms with E-state index in [0.29, 0.717) is 43.8 Å². The number of hydrogen-bond donors (Lipinski definition) is 4. The number of unbranched alkanes of at least 4 members (excludes halogenated alkanes) is 1. The van der Waals surface area contributed by atoms with Crippen LogP contribution in [0, 0.1) is 0 Å². The maximum absolute atomic E-state index is 13.2. The van der Waals surface area contributed by atoms with Gasteiger partial charge in [0.05, 0.1) is 5.02 Å². The summed E-state index contributed by atoms with van der Waals surface area (Å²) in [6, 6.07) is 4.31. The number of carbonyl (C=O) groups is 3. The largest absolute Gasteiger partial charge is 0.444 e. The first kappa shape index (κ1) is 25.8. The Kier molecular flexibility index (Phi) is 8.43. The van der Waals surface area contributed by atoms with Crippen LogP contribution in [0.4, 0.5) is 4.79 Å². The number of H-pyrrole nitrogens is 1. The molecular weight excluding hydrogens is 460 g/mol. The number of likely N-dealkylation sites (tertiary alicyclic amines) is 1. The number of alkyl carbamates (subject to hydrolysis) is 1. The molecular formula is C24H33ClN4O5. The van der Waals surface area contributed by atoms with Gasteiger partial charge in [-0.25, -0.2) is 4.79 Å². The van der Waals surface area contributed by atoms with Gasteiger partial charge in [0.25, 0.3) is 0 Å². The van der Waals surface area contributed by atoms with Crippen molar-refractivity contribution in [3.8, 4) is 0 Å². The highest BCUT2D eigenvalue weighted by Crippen LogP contribution is 2.24. The molecule has 1 aliphatic rings. The van der Waals surface area contributed by atoms with E-state index in [2.05, 4.69) is 15.6 Å². The second kappa shape index (κ2) is 11.1. The number of nitrogens with zero attached hydrogens (tertiary/aromatic N) is 1. The second-order valence-electron chi connectivity index (χ2n) is 9.49. The zero-order chi connectivity index (χ0) is 24.9. The first-order chi connectivity index (χ1) is 16.1. The minimum absolute atomic E-state index is 0.00184. The lowest BCUT2D eigenvalue weighted by Crippen LogP contribution is -2.62. The molecule has 34 heavy (non-hydrogen) atoms. The number of benzene rings is 1. The highest BCUT2D eigenvalue weighted by Gasteiger charge is 2.40. The van der Waals surface area contributed by atoms with E-state index in [1.54, 1.807) is 27.0 Å². The molecule has 0 unspecified atom stereocenters. The number of hydrogen-bond acceptors (Lipinski definition) is 5. The molecule has 1 aromatic heterocycles. The number of rotatable bonds is 9. The van der Waals surface area contributed by atoms with Gasteiger partial charge in [-0.2, -0.15) is 0 Å². The fourth-order valence-electron chi connectivity index (χ4n) is 3.84. The predicted molar refractivity (Wildman–Crippen MR) is 129 cm³/mol. The van der Waals surface area contributed by atoms with Crippen molar-refractivity contribution in [2.24, 2.45) is 0 Å². The Labute approximate surface area is 204 Å². The van der Waals surface area contributed by atoms with Crippen molar-refractivity contribution < 1.29 is 24.2 Å². The van der Waals surface area contributed by atoms with Crippen LogP contribution in [0.15, 0.2) is 24.4 Å². The number of aliphatic hydroxyl groups excluding tert-OH is 1. The van der Waals surface area contributed by atoms with E-state index in [0.717, 1.165) is 16.5 Å². The first-order valence-electron chi connectivity index (χ1n) is 11.5. The van der Waals surface area contributed by atoms with Gasteiger partial charge in [-0.3, -0.25) is 9.59 Å². The van der Waals surface area contributed by atoms with Crippen molar-refractivity contribution in [3.05, 3.63) is 35.0 Å². The standard InChI is InChI=1S/C24H33ClN4O5/c1-24(2,3)34-23(33)28-19(6-4-5-11-30)22(32)29-10-9-20(29)21(31)27-13-15-7-8-18-16(12-15)17(25)14-26-18/h7-8,12,14,19-20,26,30H,4-6,9-11,13H2,1-3H3,(H,27,31)(H,28,33)/t19-,20+/m1/s1. The number of aromatic nitrogens is 1. The maximum Gasteiger partial charge on any atom is 0.408 e. The molecule has 1 fully saturated rings. The molecule has 1 aromatic carbocycles. The van der Waals surface area contributed by atoms with Crippen molar-refractivity contribution in [3.63, 3.8) is 0 Å². The summed E-state index contributed by atoms with van der Waals surface area (Å²) in [6.45, 7) is 5.98. The third-order valence-electron chi connectivity index (χ3n) is 5.66. The number of amides is 3. The topological polar surface area (TPSA) is 124 Å². The lowest BCUT2D eigenvalue weighted by atomic mass is 9.98. The van der Waals surface area contributed by atoms with Crippen molar-refractivity contribution in [2.45, 2.75) is 70.7 Å². The Morgan fingerprint density at radius 1 is 1.29 bits per heavy atom. The minimum atomic E-state index is -0.824. The van der Waals surface area contributed by atoms with E-state index >= 15 is 0 Å². The molecule has 10 heteroatoms. The first-order valence-corrected chi connectivity index (χ1v) is 11.9. The molecule has 3 amide bonds. The van der Waals surface area contributed by atoms with Crippen LogP contribution in [0.2, 0.25) is 5.02 Å². The van der Waals surface area contributed by atoms with E-state index in [4.69, 9.17) is 21.4 Å². The van der Waals surface area contributed by atoms with E-state index < -0.39 is 23.8 Å². The quantitative estimate of drug-likeness (QED) is 0.400. The van der Waals surface area contributed by atoms with E-state index in [1.165, 1.54) is 4.90 Å². The highest BCUT2D eigenvalue weighted by molar-refractivity contribution is 6.35. The summed E-state index contributed by atoms with van der Waals surface area (Å²) in [5.74, 6) is -0.568. The summed E-state index contributed by atoms with van der Waals surface area (Å²) in [5.41, 5.74) is 1.11. The summed E-state index contributed by atoms with van der Waals surface area (Å²) >= 11 is 6.17. The van der Waals surface area contributed by atoms with Crippen molar-refractivity contribution in [1.29, 1.82) is 0 Å². The average Bonchev–Trinajstić information content (AvgIpc) is 3.09. The second-order valence-corrected chi connectivity index (χ2v) is 9.90. The highest BCUT2D eigenvalue weighted by atomic mass is 35.5. The average molecular weight is 493 g/mol. The van der Waals surface area contributed by atoms with Gasteiger partial charge < -0.3 is 30.4 Å². The van der Waals surface area contributed by atoms with Crippen LogP contribution in [0.3, 0.4) is 0 Å². The van der Waals surface area contributed by atoms with Gasteiger partial charge in [0.1, 0.15) is 17.7 Å². The van der Waals surface area contributed by atoms with Crippen LogP contribution in [0.1, 0.15) is 52.0 Å². The zero-order valence-electron chi connectivity index (χ0n) is 19.8. The summed E-state index contributed by atoms with van der Waals surface area (Å²) < 4.78 is 5.29. The van der Waals surface area contributed by atoms with Gasteiger partial charge >= 0.3 is 6.09 Å². The molecule has 1 aliphatic heterocycles. The summed E-state index contributed by atoms with van der Waals surface area (Å²) in [4.78, 5) is 42.8. The van der Waals surface area contributed by atoms with Gasteiger partial charge in [0, 0.05) is 36.8 Å². The Balaban J connectivity index is 1.59. The van der Waals surface area contributed by atoms with Gasteiger partial charge in [0.2, 0.25) is 11.8 Å². The fraction of sp³-hybridized carbons (Fsp3) is 0.542. The molecule has 2 atom stereocenters. The lowest BCUT2D eigenvalue weighted by Gasteiger charge is -2.41. The van der Waals surface area contributed by atoms with Crippen molar-refractivity contribution >= 4 is 40.4 Å². The van der Waals surface area contributed by atoms with Gasteiger partial charge in [-0.15, -0.1) is 0 Å². The SMILES string of the molecule is CC(C)(C)OC(=O)N[C@H](CCCCO)C(=O)N1CC[C@H]1C(=O)NCc1ccc2[nH]cc(Cl)c2c1. The lowest BCUT2D eigenvalue weighted by molar-refractivity contribution is -0.149. The van der Waals surface area contributed by atoms with Crippen LogP contribution >= 0.6 is 11.6 Å². The minimum Gasteiger partial charge on any atom is -0.444 e. The molecule has 1 saturated heterocycles. The molecule has 0 spiro atoms. The molecule has 3 rings (SSSR count). The van der Waals surface area contributed by atoms with E-state index in [9.17, 15) is 14.4 Å². The Hall–Kier alpha value is -2.78. The van der Waals surface area contributed by atoms with Crippen LogP contribution in [0.5, 0.6) is 0 Å². The maximum atomic E-state index is 13.2. The zero-order valence-corrected chi connectivity index (χ0v) is 20.6. The summed E-state index contributed by atoms with van der Waals surface area (Å²) in [6.07, 6.45) is 3.00. The molecule has 0 radical (unpaired) electrons. The predicted octanol–water partition coefficient (Wildman–Crippen LogP) is 3.09. The third-order valence-corrected chi connectivity index (χ3v) is 5.97. The van der Waals surface area contributed by atoms with Crippen molar-refractivity contribution in [2.75, 3.05) is 13.2 Å². The summed E-state index contributed by atoms with van der Waals surface area (Å²) in [5, 5.41) is 16.1.